The van der Waals surface area contributed by atoms with Crippen molar-refractivity contribution in [3.05, 3.63) is 42.1 Å². The average molecular weight is 224 g/mol. The Morgan fingerprint density at radius 3 is 2.67 bits per heavy atom. The molecule has 0 atom stereocenters. The maximum Gasteiger partial charge on any atom is 0.188 e. The lowest BCUT2D eigenvalue weighted by Gasteiger charge is -1.99. The first-order valence-corrected chi connectivity index (χ1v) is 5.07. The van der Waals surface area contributed by atoms with Gasteiger partial charge in [0.25, 0.3) is 0 Å². The SMILES string of the molecule is OCc1cc(-c2ccccc2)n(SF)n1. The van der Waals surface area contributed by atoms with Crippen molar-refractivity contribution >= 4 is 12.3 Å². The third kappa shape index (κ3) is 2.03. The second kappa shape index (κ2) is 4.46. The molecule has 0 bridgehead atoms. The maximum atomic E-state index is 12.6. The van der Waals surface area contributed by atoms with Gasteiger partial charge in [-0.3, -0.25) is 0 Å². The molecule has 1 N–H and O–H groups in total. The number of aliphatic hydroxyl groups is 1. The molecule has 5 heteroatoms. The van der Waals surface area contributed by atoms with Crippen LogP contribution in [0.1, 0.15) is 5.69 Å². The Labute approximate surface area is 91.0 Å². The van der Waals surface area contributed by atoms with Gasteiger partial charge in [0.15, 0.2) is 12.3 Å². The monoisotopic (exact) mass is 224 g/mol. The zero-order valence-corrected chi connectivity index (χ0v) is 8.62. The van der Waals surface area contributed by atoms with Crippen molar-refractivity contribution in [2.45, 2.75) is 6.61 Å². The van der Waals surface area contributed by atoms with Crippen LogP contribution in [0.5, 0.6) is 0 Å². The minimum absolute atomic E-state index is 0.0209. The largest absolute Gasteiger partial charge is 0.390 e. The van der Waals surface area contributed by atoms with Gasteiger partial charge in [-0.25, -0.2) is 0 Å². The third-order valence-corrected chi connectivity index (χ3v) is 2.43. The first-order valence-electron chi connectivity index (χ1n) is 4.39. The molecule has 2 rings (SSSR count). The van der Waals surface area contributed by atoms with E-state index in [2.05, 4.69) is 5.10 Å². The van der Waals surface area contributed by atoms with Crippen molar-refractivity contribution in [3.63, 3.8) is 0 Å². The predicted octanol–water partition coefficient (Wildman–Crippen LogP) is 2.42. The average Bonchev–Trinajstić information content (AvgIpc) is 2.73. The van der Waals surface area contributed by atoms with Crippen LogP contribution in [-0.2, 0) is 6.61 Å². The van der Waals surface area contributed by atoms with Gasteiger partial charge in [0, 0.05) is 5.56 Å². The minimum Gasteiger partial charge on any atom is -0.390 e. The van der Waals surface area contributed by atoms with Crippen LogP contribution in [-0.4, -0.2) is 14.3 Å². The Morgan fingerprint density at radius 2 is 2.07 bits per heavy atom. The van der Waals surface area contributed by atoms with Crippen molar-refractivity contribution in [1.29, 1.82) is 0 Å². The van der Waals surface area contributed by atoms with Crippen LogP contribution in [0.4, 0.5) is 3.89 Å². The van der Waals surface area contributed by atoms with Crippen LogP contribution < -0.4 is 0 Å². The molecule has 0 saturated carbocycles. The van der Waals surface area contributed by atoms with Crippen LogP contribution in [0.25, 0.3) is 11.3 Å². The van der Waals surface area contributed by atoms with E-state index >= 15 is 0 Å². The smallest absolute Gasteiger partial charge is 0.188 e. The molecule has 0 radical (unpaired) electrons. The number of hydrogen-bond acceptors (Lipinski definition) is 3. The summed E-state index contributed by atoms with van der Waals surface area (Å²) in [5.41, 5.74) is 1.97. The molecule has 0 amide bonds. The number of hydrogen-bond donors (Lipinski definition) is 1. The van der Waals surface area contributed by atoms with Crippen LogP contribution in [0.3, 0.4) is 0 Å². The highest BCUT2D eigenvalue weighted by Crippen LogP contribution is 2.24. The Balaban J connectivity index is 2.47. The van der Waals surface area contributed by atoms with E-state index in [4.69, 9.17) is 5.11 Å². The molecule has 0 aliphatic heterocycles. The van der Waals surface area contributed by atoms with Crippen molar-refractivity contribution in [2.24, 2.45) is 0 Å². The van der Waals surface area contributed by atoms with Crippen molar-refractivity contribution < 1.29 is 8.99 Å². The van der Waals surface area contributed by atoms with Gasteiger partial charge in [-0.1, -0.05) is 30.3 Å². The molecule has 0 aliphatic rings. The molecule has 0 fully saturated rings. The fraction of sp³-hybridized carbons (Fsp3) is 0.100. The second-order valence-electron chi connectivity index (χ2n) is 2.99. The molecule has 0 saturated heterocycles. The molecular weight excluding hydrogens is 215 g/mol. The molecule has 1 aromatic carbocycles. The summed E-state index contributed by atoms with van der Waals surface area (Å²) >= 11 is 0.0209. The molecular formula is C10H9FN2OS. The Kier molecular flexibility index (Phi) is 3.03. The van der Waals surface area contributed by atoms with Gasteiger partial charge in [0.1, 0.15) is 0 Å². The van der Waals surface area contributed by atoms with Crippen molar-refractivity contribution in [3.8, 4) is 11.3 Å². The summed E-state index contributed by atoms with van der Waals surface area (Å²) < 4.78 is 13.7. The fourth-order valence-corrected chi connectivity index (χ4v) is 1.71. The highest BCUT2D eigenvalue weighted by molar-refractivity contribution is 7.92. The van der Waals surface area contributed by atoms with Gasteiger partial charge in [-0.15, -0.1) is 3.89 Å². The fourth-order valence-electron chi connectivity index (χ4n) is 1.34. The number of halogens is 1. The van der Waals surface area contributed by atoms with Crippen molar-refractivity contribution in [2.75, 3.05) is 0 Å². The Morgan fingerprint density at radius 1 is 1.33 bits per heavy atom. The highest BCUT2D eigenvalue weighted by Gasteiger charge is 2.09. The van der Waals surface area contributed by atoms with Gasteiger partial charge < -0.3 is 5.11 Å². The van der Waals surface area contributed by atoms with E-state index in [1.807, 2.05) is 30.3 Å². The number of benzene rings is 1. The first-order chi connectivity index (χ1) is 7.35. The summed E-state index contributed by atoms with van der Waals surface area (Å²) in [5, 5.41) is 12.8. The van der Waals surface area contributed by atoms with Gasteiger partial charge in [-0.05, 0) is 6.07 Å². The van der Waals surface area contributed by atoms with Crippen molar-refractivity contribution in [1.82, 2.24) is 9.19 Å². The van der Waals surface area contributed by atoms with E-state index < -0.39 is 0 Å². The lowest BCUT2D eigenvalue weighted by atomic mass is 10.1. The standard InChI is InChI=1S/C10H9FN2OS/c11-15-13-10(6-9(7-14)12-13)8-4-2-1-3-5-8/h1-6,14H,7H2. The highest BCUT2D eigenvalue weighted by atomic mass is 32.2. The summed E-state index contributed by atoms with van der Waals surface area (Å²) in [4.78, 5) is 0. The Bertz CT molecular complexity index is 444. The summed E-state index contributed by atoms with van der Waals surface area (Å²) in [6, 6.07) is 11.0. The topological polar surface area (TPSA) is 38.0 Å². The third-order valence-electron chi connectivity index (χ3n) is 2.03. The van der Waals surface area contributed by atoms with E-state index in [0.29, 0.717) is 11.4 Å². The molecule has 1 aromatic heterocycles. The van der Waals surface area contributed by atoms with Gasteiger partial charge >= 0.3 is 0 Å². The molecule has 0 spiro atoms. The molecule has 0 aliphatic carbocycles. The van der Waals surface area contributed by atoms with Crippen LogP contribution in [0.15, 0.2) is 36.4 Å². The number of rotatable bonds is 3. The zero-order chi connectivity index (χ0) is 10.7. The normalized spacial score (nSPS) is 10.5. The molecule has 15 heavy (non-hydrogen) atoms. The Hall–Kier alpha value is -1.33. The van der Waals surface area contributed by atoms with Crippen LogP contribution >= 0.6 is 12.3 Å². The number of aromatic nitrogens is 2. The van der Waals surface area contributed by atoms with Crippen LogP contribution in [0, 0.1) is 0 Å². The molecule has 1 heterocycles. The lowest BCUT2D eigenvalue weighted by molar-refractivity contribution is 0.276. The van der Waals surface area contributed by atoms with E-state index in [0.717, 1.165) is 9.65 Å². The summed E-state index contributed by atoms with van der Waals surface area (Å²) in [6.45, 7) is -0.187. The number of aliphatic hydroxyl groups excluding tert-OH is 1. The maximum absolute atomic E-state index is 12.6. The van der Waals surface area contributed by atoms with E-state index in [1.165, 1.54) is 0 Å². The molecule has 0 unspecified atom stereocenters. The second-order valence-corrected chi connectivity index (χ2v) is 3.47. The molecule has 3 nitrogen and oxygen atoms in total. The van der Waals surface area contributed by atoms with E-state index in [-0.39, 0.29) is 18.9 Å². The lowest BCUT2D eigenvalue weighted by Crippen LogP contribution is -1.90. The quantitative estimate of drug-likeness (QED) is 0.870. The summed E-state index contributed by atoms with van der Waals surface area (Å²) in [6.07, 6.45) is 0. The zero-order valence-electron chi connectivity index (χ0n) is 7.80. The molecule has 78 valence electrons. The minimum atomic E-state index is -0.187. The van der Waals surface area contributed by atoms with Gasteiger partial charge in [-0.2, -0.15) is 9.19 Å². The van der Waals surface area contributed by atoms with E-state index in [1.54, 1.807) is 6.07 Å². The van der Waals surface area contributed by atoms with Gasteiger partial charge in [0.2, 0.25) is 0 Å². The summed E-state index contributed by atoms with van der Waals surface area (Å²) in [7, 11) is 0. The van der Waals surface area contributed by atoms with E-state index in [9.17, 15) is 3.89 Å². The summed E-state index contributed by atoms with van der Waals surface area (Å²) in [5.74, 6) is 0. The van der Waals surface area contributed by atoms with Crippen LogP contribution in [0.2, 0.25) is 0 Å². The number of nitrogens with zero attached hydrogens (tertiary/aromatic N) is 2. The predicted molar refractivity (Wildman–Crippen MR) is 57.7 cm³/mol. The first kappa shape index (κ1) is 10.2. The molecule has 2 aromatic rings. The van der Waals surface area contributed by atoms with Gasteiger partial charge in [0.05, 0.1) is 18.0 Å².